The average Bonchev–Trinajstić information content (AvgIpc) is 2.77. The lowest BCUT2D eigenvalue weighted by Crippen LogP contribution is -2.25. The van der Waals surface area contributed by atoms with Crippen molar-refractivity contribution in [3.63, 3.8) is 0 Å². The van der Waals surface area contributed by atoms with Crippen molar-refractivity contribution < 1.29 is 4.74 Å². The van der Waals surface area contributed by atoms with E-state index >= 15 is 0 Å². The van der Waals surface area contributed by atoms with E-state index in [-0.39, 0.29) is 0 Å². The van der Waals surface area contributed by atoms with Gasteiger partial charge in [0.05, 0.1) is 6.61 Å². The van der Waals surface area contributed by atoms with Gasteiger partial charge >= 0.3 is 0 Å². The molecule has 2 heteroatoms. The minimum atomic E-state index is 0.630. The standard InChI is InChI=1S/C10H21NO/c1-3-7-12-8-6-11-9-10(2)4-5-10/h11H,3-9H2,1-2H3. The molecule has 12 heavy (non-hydrogen) atoms. The summed E-state index contributed by atoms with van der Waals surface area (Å²) in [5.41, 5.74) is 0.630. The predicted molar refractivity (Wildman–Crippen MR) is 51.3 cm³/mol. The van der Waals surface area contributed by atoms with Crippen molar-refractivity contribution in [1.82, 2.24) is 5.32 Å². The second kappa shape index (κ2) is 4.83. The van der Waals surface area contributed by atoms with E-state index in [0.29, 0.717) is 5.41 Å². The summed E-state index contributed by atoms with van der Waals surface area (Å²) >= 11 is 0. The molecule has 1 saturated carbocycles. The lowest BCUT2D eigenvalue weighted by atomic mass is 10.1. The molecule has 0 aromatic heterocycles. The molecule has 1 aliphatic rings. The van der Waals surface area contributed by atoms with Crippen LogP contribution in [0.5, 0.6) is 0 Å². The molecule has 0 aromatic rings. The highest BCUT2D eigenvalue weighted by atomic mass is 16.5. The Kier molecular flexibility index (Phi) is 4.02. The van der Waals surface area contributed by atoms with Crippen LogP contribution in [0.2, 0.25) is 0 Å². The Morgan fingerprint density at radius 1 is 1.33 bits per heavy atom. The first-order valence-electron chi connectivity index (χ1n) is 5.05. The molecule has 0 aliphatic heterocycles. The number of nitrogens with one attached hydrogen (secondary N) is 1. The van der Waals surface area contributed by atoms with Crippen molar-refractivity contribution in [3.8, 4) is 0 Å². The normalized spacial score (nSPS) is 19.5. The van der Waals surface area contributed by atoms with Crippen LogP contribution in [-0.4, -0.2) is 26.3 Å². The van der Waals surface area contributed by atoms with Crippen molar-refractivity contribution in [2.24, 2.45) is 5.41 Å². The first-order valence-corrected chi connectivity index (χ1v) is 5.05. The fourth-order valence-electron chi connectivity index (χ4n) is 1.17. The van der Waals surface area contributed by atoms with Crippen LogP contribution in [0, 0.1) is 5.41 Å². The van der Waals surface area contributed by atoms with E-state index in [1.807, 2.05) is 0 Å². The topological polar surface area (TPSA) is 21.3 Å². The quantitative estimate of drug-likeness (QED) is 0.590. The van der Waals surface area contributed by atoms with E-state index in [1.165, 1.54) is 19.4 Å². The summed E-state index contributed by atoms with van der Waals surface area (Å²) in [6, 6.07) is 0. The third-order valence-electron chi connectivity index (χ3n) is 2.43. The molecular weight excluding hydrogens is 150 g/mol. The van der Waals surface area contributed by atoms with Crippen molar-refractivity contribution >= 4 is 0 Å². The van der Waals surface area contributed by atoms with Crippen LogP contribution in [0.15, 0.2) is 0 Å². The van der Waals surface area contributed by atoms with E-state index in [0.717, 1.165) is 26.2 Å². The molecule has 0 saturated heterocycles. The number of hydrogen-bond donors (Lipinski definition) is 1. The minimum absolute atomic E-state index is 0.630. The minimum Gasteiger partial charge on any atom is -0.380 e. The van der Waals surface area contributed by atoms with Gasteiger partial charge in [0.1, 0.15) is 0 Å². The van der Waals surface area contributed by atoms with Gasteiger partial charge < -0.3 is 10.1 Å². The molecule has 0 radical (unpaired) electrons. The van der Waals surface area contributed by atoms with Gasteiger partial charge in [-0.15, -0.1) is 0 Å². The summed E-state index contributed by atoms with van der Waals surface area (Å²) in [7, 11) is 0. The van der Waals surface area contributed by atoms with Crippen LogP contribution in [0.25, 0.3) is 0 Å². The molecule has 0 heterocycles. The van der Waals surface area contributed by atoms with E-state index in [4.69, 9.17) is 4.74 Å². The van der Waals surface area contributed by atoms with Crippen LogP contribution in [0.3, 0.4) is 0 Å². The van der Waals surface area contributed by atoms with Crippen LogP contribution in [0.4, 0.5) is 0 Å². The van der Waals surface area contributed by atoms with Crippen LogP contribution < -0.4 is 5.32 Å². The Morgan fingerprint density at radius 2 is 2.08 bits per heavy atom. The molecule has 0 unspecified atom stereocenters. The largest absolute Gasteiger partial charge is 0.380 e. The molecule has 0 amide bonds. The van der Waals surface area contributed by atoms with Crippen LogP contribution in [-0.2, 0) is 4.74 Å². The molecule has 0 bridgehead atoms. The molecule has 1 rings (SSSR count). The van der Waals surface area contributed by atoms with Gasteiger partial charge in [-0.25, -0.2) is 0 Å². The molecule has 0 aromatic carbocycles. The summed E-state index contributed by atoms with van der Waals surface area (Å²) in [6.45, 7) is 8.42. The molecule has 1 N–H and O–H groups in total. The Labute approximate surface area is 75.7 Å². The summed E-state index contributed by atoms with van der Waals surface area (Å²) in [5.74, 6) is 0. The zero-order chi connectivity index (χ0) is 8.86. The summed E-state index contributed by atoms with van der Waals surface area (Å²) in [6.07, 6.45) is 3.92. The van der Waals surface area contributed by atoms with Crippen molar-refractivity contribution in [2.45, 2.75) is 33.1 Å². The lowest BCUT2D eigenvalue weighted by molar-refractivity contribution is 0.135. The van der Waals surface area contributed by atoms with E-state index in [1.54, 1.807) is 0 Å². The second-order valence-electron chi connectivity index (χ2n) is 4.10. The highest BCUT2D eigenvalue weighted by Crippen LogP contribution is 2.43. The van der Waals surface area contributed by atoms with E-state index < -0.39 is 0 Å². The first-order chi connectivity index (χ1) is 5.77. The SMILES string of the molecule is CCCOCCNCC1(C)CC1. The zero-order valence-electron chi connectivity index (χ0n) is 8.36. The maximum atomic E-state index is 5.36. The Hall–Kier alpha value is -0.0800. The Morgan fingerprint density at radius 3 is 2.67 bits per heavy atom. The smallest absolute Gasteiger partial charge is 0.0590 e. The van der Waals surface area contributed by atoms with Gasteiger partial charge in [-0.3, -0.25) is 0 Å². The van der Waals surface area contributed by atoms with E-state index in [2.05, 4.69) is 19.2 Å². The van der Waals surface area contributed by atoms with Crippen molar-refractivity contribution in [2.75, 3.05) is 26.3 Å². The summed E-state index contributed by atoms with van der Waals surface area (Å²) < 4.78 is 5.36. The van der Waals surface area contributed by atoms with Gasteiger partial charge in [0.15, 0.2) is 0 Å². The summed E-state index contributed by atoms with van der Waals surface area (Å²) in [4.78, 5) is 0. The van der Waals surface area contributed by atoms with E-state index in [9.17, 15) is 0 Å². The first kappa shape index (κ1) is 10.0. The third-order valence-corrected chi connectivity index (χ3v) is 2.43. The number of hydrogen-bond acceptors (Lipinski definition) is 2. The Bertz CT molecular complexity index is 121. The number of ether oxygens (including phenoxy) is 1. The monoisotopic (exact) mass is 171 g/mol. The Balaban J connectivity index is 1.77. The number of rotatable bonds is 7. The predicted octanol–water partition coefficient (Wildman–Crippen LogP) is 1.80. The molecule has 1 aliphatic carbocycles. The van der Waals surface area contributed by atoms with Gasteiger partial charge in [-0.2, -0.15) is 0 Å². The molecule has 72 valence electrons. The van der Waals surface area contributed by atoms with Gasteiger partial charge in [0.25, 0.3) is 0 Å². The van der Waals surface area contributed by atoms with Crippen LogP contribution >= 0.6 is 0 Å². The molecular formula is C10H21NO. The lowest BCUT2D eigenvalue weighted by Gasteiger charge is -2.09. The van der Waals surface area contributed by atoms with Gasteiger partial charge in [-0.1, -0.05) is 13.8 Å². The zero-order valence-corrected chi connectivity index (χ0v) is 8.36. The summed E-state index contributed by atoms with van der Waals surface area (Å²) in [5, 5.41) is 3.42. The van der Waals surface area contributed by atoms with Gasteiger partial charge in [-0.05, 0) is 24.7 Å². The second-order valence-corrected chi connectivity index (χ2v) is 4.10. The highest BCUT2D eigenvalue weighted by Gasteiger charge is 2.36. The van der Waals surface area contributed by atoms with Crippen molar-refractivity contribution in [1.29, 1.82) is 0 Å². The molecule has 0 atom stereocenters. The third kappa shape index (κ3) is 4.07. The molecule has 1 fully saturated rings. The van der Waals surface area contributed by atoms with Gasteiger partial charge in [0.2, 0.25) is 0 Å². The molecule has 2 nitrogen and oxygen atoms in total. The maximum absolute atomic E-state index is 5.36. The maximum Gasteiger partial charge on any atom is 0.0590 e. The van der Waals surface area contributed by atoms with Crippen molar-refractivity contribution in [3.05, 3.63) is 0 Å². The fraction of sp³-hybridized carbons (Fsp3) is 1.00. The molecule has 0 spiro atoms. The average molecular weight is 171 g/mol. The van der Waals surface area contributed by atoms with Crippen LogP contribution in [0.1, 0.15) is 33.1 Å². The fourth-order valence-corrected chi connectivity index (χ4v) is 1.17. The highest BCUT2D eigenvalue weighted by molar-refractivity contribution is 4.90. The van der Waals surface area contributed by atoms with Gasteiger partial charge in [0, 0.05) is 19.7 Å².